The number of aromatic nitrogens is 1. The number of rotatable bonds is 6. The van der Waals surface area contributed by atoms with Crippen molar-refractivity contribution in [2.75, 3.05) is 31.1 Å². The summed E-state index contributed by atoms with van der Waals surface area (Å²) in [7, 11) is 0. The van der Waals surface area contributed by atoms with Crippen LogP contribution in [-0.2, 0) is 21.5 Å². The van der Waals surface area contributed by atoms with Crippen molar-refractivity contribution in [2.45, 2.75) is 37.6 Å². The van der Waals surface area contributed by atoms with Gasteiger partial charge in [-0.2, -0.15) is 5.26 Å². The molecular weight excluding hydrogens is 512 g/mol. The number of nitrogens with one attached hydrogen (secondary N) is 1. The van der Waals surface area contributed by atoms with Crippen LogP contribution in [0.15, 0.2) is 66.9 Å². The molecule has 0 bridgehead atoms. The van der Waals surface area contributed by atoms with Crippen molar-refractivity contribution in [3.05, 3.63) is 95.2 Å². The highest BCUT2D eigenvalue weighted by Gasteiger charge is 2.44. The van der Waals surface area contributed by atoms with Crippen LogP contribution in [0, 0.1) is 28.9 Å². The summed E-state index contributed by atoms with van der Waals surface area (Å²) in [6.45, 7) is 2.51. The highest BCUT2D eigenvalue weighted by Crippen LogP contribution is 2.37. The highest BCUT2D eigenvalue weighted by molar-refractivity contribution is 5.89. The molecule has 0 saturated carbocycles. The summed E-state index contributed by atoms with van der Waals surface area (Å²) in [4.78, 5) is 35.4. The molecule has 0 spiro atoms. The lowest BCUT2D eigenvalue weighted by Crippen LogP contribution is -2.54. The third kappa shape index (κ3) is 5.81. The standard InChI is InChI=1S/C31H31F2N5O2/c32-26-6-1-22(2-7-26)20-36-30(40)31(25-4-8-27(33)9-5-25)13-17-38(18-14-31)29(39)24-11-15-37(16-12-24)28-10-3-23(19-34)21-35-28/h1-10,21,24H,11-18,20H2,(H,36,40). The largest absolute Gasteiger partial charge is 0.357 e. The monoisotopic (exact) mass is 543 g/mol. The van der Waals surface area contributed by atoms with Gasteiger partial charge in [-0.25, -0.2) is 13.8 Å². The first kappa shape index (κ1) is 27.3. The zero-order valence-corrected chi connectivity index (χ0v) is 22.2. The number of hydrogen-bond acceptors (Lipinski definition) is 5. The van der Waals surface area contributed by atoms with E-state index in [1.165, 1.54) is 24.3 Å². The molecule has 3 aromatic rings. The molecule has 0 aliphatic carbocycles. The fourth-order valence-corrected chi connectivity index (χ4v) is 5.73. The second kappa shape index (κ2) is 11.8. The summed E-state index contributed by atoms with van der Waals surface area (Å²) < 4.78 is 27.0. The maximum absolute atomic E-state index is 13.7. The van der Waals surface area contributed by atoms with Gasteiger partial charge >= 0.3 is 0 Å². The molecule has 1 N–H and O–H groups in total. The van der Waals surface area contributed by atoms with Crippen LogP contribution < -0.4 is 10.2 Å². The van der Waals surface area contributed by atoms with Gasteiger partial charge in [0, 0.05) is 44.8 Å². The summed E-state index contributed by atoms with van der Waals surface area (Å²) >= 11 is 0. The Bertz CT molecular complexity index is 1370. The van der Waals surface area contributed by atoms with Crippen molar-refractivity contribution in [2.24, 2.45) is 5.92 Å². The van der Waals surface area contributed by atoms with Gasteiger partial charge in [-0.15, -0.1) is 0 Å². The van der Waals surface area contributed by atoms with Gasteiger partial charge in [-0.05, 0) is 73.2 Å². The second-order valence-electron chi connectivity index (χ2n) is 10.5. The van der Waals surface area contributed by atoms with Crippen molar-refractivity contribution in [1.82, 2.24) is 15.2 Å². The Balaban J connectivity index is 1.22. The Morgan fingerprint density at radius 2 is 1.55 bits per heavy atom. The molecule has 2 aliphatic heterocycles. The van der Waals surface area contributed by atoms with Crippen molar-refractivity contribution in [1.29, 1.82) is 5.26 Å². The van der Waals surface area contributed by atoms with Gasteiger partial charge in [0.25, 0.3) is 0 Å². The molecule has 5 rings (SSSR count). The maximum Gasteiger partial charge on any atom is 0.231 e. The topological polar surface area (TPSA) is 89.3 Å². The van der Waals surface area contributed by atoms with Gasteiger partial charge in [-0.3, -0.25) is 9.59 Å². The minimum Gasteiger partial charge on any atom is -0.357 e. The lowest BCUT2D eigenvalue weighted by atomic mass is 9.71. The number of carbonyl (C=O) groups is 2. The maximum atomic E-state index is 13.7. The summed E-state index contributed by atoms with van der Waals surface area (Å²) in [5.74, 6) is -0.0863. The SMILES string of the molecule is N#Cc1ccc(N2CCC(C(=O)N3CCC(C(=O)NCc4ccc(F)cc4)(c4ccc(F)cc4)CC3)CC2)nc1. The van der Waals surface area contributed by atoms with Crippen LogP contribution in [-0.4, -0.2) is 47.9 Å². The molecule has 0 atom stereocenters. The quantitative estimate of drug-likeness (QED) is 0.500. The number of benzene rings is 2. The summed E-state index contributed by atoms with van der Waals surface area (Å²) in [5, 5.41) is 12.0. The number of carbonyl (C=O) groups excluding carboxylic acids is 2. The molecule has 2 amide bonds. The molecule has 3 heterocycles. The first-order valence-electron chi connectivity index (χ1n) is 13.6. The molecule has 0 unspecified atom stereocenters. The Labute approximate surface area is 232 Å². The number of nitriles is 1. The summed E-state index contributed by atoms with van der Waals surface area (Å²) in [6, 6.07) is 17.6. The molecule has 2 saturated heterocycles. The van der Waals surface area contributed by atoms with E-state index in [-0.39, 0.29) is 35.9 Å². The molecular formula is C31H31F2N5O2. The Hall–Kier alpha value is -4.32. The molecule has 1 aromatic heterocycles. The zero-order chi connectivity index (χ0) is 28.1. The fraction of sp³-hybridized carbons (Fsp3) is 0.355. The van der Waals surface area contributed by atoms with Crippen LogP contribution in [0.4, 0.5) is 14.6 Å². The van der Waals surface area contributed by atoms with E-state index in [9.17, 15) is 18.4 Å². The zero-order valence-electron chi connectivity index (χ0n) is 22.2. The lowest BCUT2D eigenvalue weighted by molar-refractivity contribution is -0.140. The number of piperidine rings is 2. The number of likely N-dealkylation sites (tertiary alicyclic amines) is 1. The third-order valence-corrected chi connectivity index (χ3v) is 8.17. The van der Waals surface area contributed by atoms with E-state index >= 15 is 0 Å². The van der Waals surface area contributed by atoms with Crippen LogP contribution in [0.2, 0.25) is 0 Å². The van der Waals surface area contributed by atoms with E-state index in [1.54, 1.807) is 36.5 Å². The summed E-state index contributed by atoms with van der Waals surface area (Å²) in [6.07, 6.45) is 3.82. The van der Waals surface area contributed by atoms with Crippen LogP contribution in [0.25, 0.3) is 0 Å². The molecule has 40 heavy (non-hydrogen) atoms. The molecule has 7 nitrogen and oxygen atoms in total. The van der Waals surface area contributed by atoms with Crippen LogP contribution >= 0.6 is 0 Å². The van der Waals surface area contributed by atoms with E-state index in [4.69, 9.17) is 5.26 Å². The number of halogens is 2. The minimum atomic E-state index is -0.894. The minimum absolute atomic E-state index is 0.0970. The first-order chi connectivity index (χ1) is 19.4. The molecule has 206 valence electrons. The number of pyridine rings is 1. The van der Waals surface area contributed by atoms with Crippen molar-refractivity contribution in [3.63, 3.8) is 0 Å². The molecule has 2 aromatic carbocycles. The second-order valence-corrected chi connectivity index (χ2v) is 10.5. The van der Waals surface area contributed by atoms with Gasteiger partial charge in [0.2, 0.25) is 11.8 Å². The smallest absolute Gasteiger partial charge is 0.231 e. The van der Waals surface area contributed by atoms with Crippen molar-refractivity contribution >= 4 is 17.6 Å². The molecule has 9 heteroatoms. The predicted molar refractivity (Wildman–Crippen MR) is 146 cm³/mol. The van der Waals surface area contributed by atoms with Crippen molar-refractivity contribution < 1.29 is 18.4 Å². The Morgan fingerprint density at radius 3 is 2.12 bits per heavy atom. The van der Waals surface area contributed by atoms with E-state index in [0.717, 1.165) is 16.9 Å². The van der Waals surface area contributed by atoms with Gasteiger partial charge in [-0.1, -0.05) is 24.3 Å². The Morgan fingerprint density at radius 1 is 0.925 bits per heavy atom. The summed E-state index contributed by atoms with van der Waals surface area (Å²) in [5.41, 5.74) is 1.12. The van der Waals surface area contributed by atoms with Crippen LogP contribution in [0.3, 0.4) is 0 Å². The molecule has 2 aliphatic rings. The fourth-order valence-electron chi connectivity index (χ4n) is 5.73. The van der Waals surface area contributed by atoms with Gasteiger partial charge < -0.3 is 15.1 Å². The third-order valence-electron chi connectivity index (χ3n) is 8.17. The Kier molecular flexibility index (Phi) is 8.06. The van der Waals surface area contributed by atoms with Gasteiger partial charge in [0.15, 0.2) is 0 Å². The number of anilines is 1. The average molecular weight is 544 g/mol. The first-order valence-corrected chi connectivity index (χ1v) is 13.6. The van der Waals surface area contributed by atoms with Gasteiger partial charge in [0.05, 0.1) is 11.0 Å². The number of amides is 2. The normalized spacial score (nSPS) is 17.2. The van der Waals surface area contributed by atoms with E-state index < -0.39 is 5.41 Å². The number of nitrogens with zero attached hydrogens (tertiary/aromatic N) is 4. The van der Waals surface area contributed by atoms with E-state index in [2.05, 4.69) is 21.3 Å². The van der Waals surface area contributed by atoms with Crippen molar-refractivity contribution in [3.8, 4) is 6.07 Å². The van der Waals surface area contributed by atoms with Crippen LogP contribution in [0.5, 0.6) is 0 Å². The lowest BCUT2D eigenvalue weighted by Gasteiger charge is -2.43. The average Bonchev–Trinajstić information content (AvgIpc) is 3.01. The predicted octanol–water partition coefficient (Wildman–Crippen LogP) is 4.32. The van der Waals surface area contributed by atoms with E-state index in [1.807, 2.05) is 11.0 Å². The number of hydrogen-bond donors (Lipinski definition) is 1. The molecule has 0 radical (unpaired) electrons. The van der Waals surface area contributed by atoms with Crippen LogP contribution in [0.1, 0.15) is 42.4 Å². The highest BCUT2D eigenvalue weighted by atomic mass is 19.1. The molecule has 2 fully saturated rings. The van der Waals surface area contributed by atoms with E-state index in [0.29, 0.717) is 57.4 Å². The van der Waals surface area contributed by atoms with Gasteiger partial charge in [0.1, 0.15) is 23.5 Å².